The predicted molar refractivity (Wildman–Crippen MR) is 80.4 cm³/mol. The molecule has 0 bridgehead atoms. The Balaban J connectivity index is 0.00000133. The smallest absolute Gasteiger partial charge is 0.230 e. The summed E-state index contributed by atoms with van der Waals surface area (Å²) >= 11 is 6.18. The van der Waals surface area contributed by atoms with Crippen molar-refractivity contribution in [3.8, 4) is 0 Å². The Kier molecular flexibility index (Phi) is 4.71. The number of piperidine rings is 1. The second kappa shape index (κ2) is 6.12. The molecule has 0 unspecified atom stereocenters. The van der Waals surface area contributed by atoms with Gasteiger partial charge in [0, 0.05) is 23.2 Å². The highest BCUT2D eigenvalue weighted by Gasteiger charge is 2.31. The highest BCUT2D eigenvalue weighted by Crippen LogP contribution is 2.34. The molecule has 3 nitrogen and oxygen atoms in total. The number of amides is 1. The molecule has 3 rings (SSSR count). The molecule has 0 radical (unpaired) electrons. The maximum absolute atomic E-state index is 12.5. The number of nitrogens with zero attached hydrogens (tertiary/aromatic N) is 1. The molecule has 1 saturated heterocycles. The molecule has 1 fully saturated rings. The first-order chi connectivity index (χ1) is 8.77. The van der Waals surface area contributed by atoms with Crippen molar-refractivity contribution in [2.45, 2.75) is 19.3 Å². The number of hydrogen-bond acceptors (Lipinski definition) is 2. The van der Waals surface area contributed by atoms with Gasteiger partial charge in [-0.15, -0.1) is 12.4 Å². The number of rotatable bonds is 1. The van der Waals surface area contributed by atoms with Gasteiger partial charge in [0.25, 0.3) is 0 Å². The van der Waals surface area contributed by atoms with Crippen LogP contribution in [0.15, 0.2) is 18.2 Å². The molecule has 2 heterocycles. The van der Waals surface area contributed by atoms with Crippen molar-refractivity contribution in [1.29, 1.82) is 0 Å². The summed E-state index contributed by atoms with van der Waals surface area (Å²) in [4.78, 5) is 14.5. The van der Waals surface area contributed by atoms with E-state index in [1.54, 1.807) is 0 Å². The first-order valence-corrected chi connectivity index (χ1v) is 6.94. The quantitative estimate of drug-likeness (QED) is 0.865. The summed E-state index contributed by atoms with van der Waals surface area (Å²) in [6.45, 7) is 2.68. The van der Waals surface area contributed by atoms with Gasteiger partial charge in [-0.05, 0) is 50.0 Å². The fourth-order valence-electron chi connectivity index (χ4n) is 2.91. The summed E-state index contributed by atoms with van der Waals surface area (Å²) in [5, 5.41) is 4.08. The fraction of sp³-hybridized carbons (Fsp3) is 0.500. The monoisotopic (exact) mass is 300 g/mol. The second-order valence-corrected chi connectivity index (χ2v) is 5.41. The average molecular weight is 301 g/mol. The van der Waals surface area contributed by atoms with Crippen LogP contribution in [0.3, 0.4) is 0 Å². The molecule has 0 atom stereocenters. The Morgan fingerprint density at radius 3 is 2.79 bits per heavy atom. The topological polar surface area (TPSA) is 32.3 Å². The molecule has 0 aliphatic carbocycles. The molecule has 2 aliphatic rings. The lowest BCUT2D eigenvalue weighted by atomic mass is 9.96. The van der Waals surface area contributed by atoms with Gasteiger partial charge in [-0.25, -0.2) is 0 Å². The van der Waals surface area contributed by atoms with Crippen LogP contribution in [0.5, 0.6) is 0 Å². The number of carbonyl (C=O) groups excluding carboxylic acids is 1. The van der Waals surface area contributed by atoms with Crippen LogP contribution in [0, 0.1) is 5.92 Å². The molecule has 0 spiro atoms. The average Bonchev–Trinajstić information content (AvgIpc) is 2.84. The molecule has 2 aliphatic heterocycles. The number of fused-ring (bicyclic) bond motifs is 1. The minimum atomic E-state index is 0. The van der Waals surface area contributed by atoms with Crippen molar-refractivity contribution in [2.75, 3.05) is 24.5 Å². The van der Waals surface area contributed by atoms with Gasteiger partial charge in [-0.2, -0.15) is 0 Å². The third-order valence-electron chi connectivity index (χ3n) is 3.92. The number of carbonyl (C=O) groups is 1. The van der Waals surface area contributed by atoms with Gasteiger partial charge < -0.3 is 10.2 Å². The van der Waals surface area contributed by atoms with E-state index >= 15 is 0 Å². The summed E-state index contributed by atoms with van der Waals surface area (Å²) < 4.78 is 0. The summed E-state index contributed by atoms with van der Waals surface area (Å²) in [5.74, 6) is 0.452. The number of benzene rings is 1. The first kappa shape index (κ1) is 14.6. The van der Waals surface area contributed by atoms with Crippen LogP contribution in [0.2, 0.25) is 5.02 Å². The van der Waals surface area contributed by atoms with Gasteiger partial charge in [0.15, 0.2) is 0 Å². The standard InChI is InChI=1S/C14H17ClN2O.ClH/c15-12-2-1-3-13-11(12)6-9-17(13)14(18)10-4-7-16-8-5-10;/h1-3,10,16H,4-9H2;1H. The van der Waals surface area contributed by atoms with Crippen LogP contribution in [0.25, 0.3) is 0 Å². The molecule has 19 heavy (non-hydrogen) atoms. The van der Waals surface area contributed by atoms with Crippen molar-refractivity contribution in [3.05, 3.63) is 28.8 Å². The van der Waals surface area contributed by atoms with Crippen molar-refractivity contribution < 1.29 is 4.79 Å². The molecular weight excluding hydrogens is 283 g/mol. The van der Waals surface area contributed by atoms with Gasteiger partial charge in [-0.1, -0.05) is 17.7 Å². The third kappa shape index (κ3) is 2.73. The van der Waals surface area contributed by atoms with Crippen LogP contribution >= 0.6 is 24.0 Å². The van der Waals surface area contributed by atoms with Gasteiger partial charge in [-0.3, -0.25) is 4.79 Å². The van der Waals surface area contributed by atoms with E-state index in [4.69, 9.17) is 11.6 Å². The maximum Gasteiger partial charge on any atom is 0.230 e. The Hall–Kier alpha value is -0.770. The summed E-state index contributed by atoms with van der Waals surface area (Å²) in [7, 11) is 0. The highest BCUT2D eigenvalue weighted by molar-refractivity contribution is 6.32. The van der Waals surface area contributed by atoms with Gasteiger partial charge >= 0.3 is 0 Å². The third-order valence-corrected chi connectivity index (χ3v) is 4.28. The van der Waals surface area contributed by atoms with Gasteiger partial charge in [0.05, 0.1) is 0 Å². The van der Waals surface area contributed by atoms with E-state index in [9.17, 15) is 4.79 Å². The lowest BCUT2D eigenvalue weighted by Crippen LogP contribution is -2.40. The minimum Gasteiger partial charge on any atom is -0.317 e. The van der Waals surface area contributed by atoms with E-state index in [-0.39, 0.29) is 24.2 Å². The molecule has 1 N–H and O–H groups in total. The predicted octanol–water partition coefficient (Wildman–Crippen LogP) is 2.65. The summed E-state index contributed by atoms with van der Waals surface area (Å²) in [6, 6.07) is 5.83. The van der Waals surface area contributed by atoms with E-state index < -0.39 is 0 Å². The largest absolute Gasteiger partial charge is 0.317 e. The van der Waals surface area contributed by atoms with Crippen molar-refractivity contribution >= 4 is 35.6 Å². The number of halogens is 2. The Morgan fingerprint density at radius 1 is 1.32 bits per heavy atom. The van der Waals surface area contributed by atoms with Crippen molar-refractivity contribution in [1.82, 2.24) is 5.32 Å². The lowest BCUT2D eigenvalue weighted by Gasteiger charge is -2.27. The normalized spacial score (nSPS) is 18.9. The maximum atomic E-state index is 12.5. The van der Waals surface area contributed by atoms with Crippen LogP contribution in [0.4, 0.5) is 5.69 Å². The van der Waals surface area contributed by atoms with E-state index in [1.165, 1.54) is 0 Å². The van der Waals surface area contributed by atoms with Gasteiger partial charge in [0.2, 0.25) is 5.91 Å². The van der Waals surface area contributed by atoms with Crippen molar-refractivity contribution in [2.24, 2.45) is 5.92 Å². The molecular formula is C14H18Cl2N2O. The molecule has 1 aromatic rings. The first-order valence-electron chi connectivity index (χ1n) is 6.57. The van der Waals surface area contributed by atoms with E-state index in [2.05, 4.69) is 5.32 Å². The van der Waals surface area contributed by atoms with Crippen LogP contribution in [-0.2, 0) is 11.2 Å². The minimum absolute atomic E-state index is 0. The lowest BCUT2D eigenvalue weighted by molar-refractivity contribution is -0.123. The Morgan fingerprint density at radius 2 is 2.05 bits per heavy atom. The molecule has 104 valence electrons. The number of anilines is 1. The molecule has 0 saturated carbocycles. The zero-order valence-electron chi connectivity index (χ0n) is 10.7. The molecule has 5 heteroatoms. The number of hydrogen-bond donors (Lipinski definition) is 1. The van der Waals surface area contributed by atoms with E-state index in [0.29, 0.717) is 0 Å². The van der Waals surface area contributed by atoms with Crippen LogP contribution < -0.4 is 10.2 Å². The zero-order valence-corrected chi connectivity index (χ0v) is 12.3. The van der Waals surface area contributed by atoms with E-state index in [0.717, 1.165) is 55.2 Å². The fourth-order valence-corrected chi connectivity index (χ4v) is 3.17. The number of nitrogens with one attached hydrogen (secondary N) is 1. The Bertz CT molecular complexity index is 473. The SMILES string of the molecule is Cl.O=C(C1CCNCC1)N1CCc2c(Cl)cccc21. The zero-order chi connectivity index (χ0) is 12.5. The molecule has 1 amide bonds. The van der Waals surface area contributed by atoms with E-state index in [1.807, 2.05) is 23.1 Å². The van der Waals surface area contributed by atoms with Crippen LogP contribution in [-0.4, -0.2) is 25.5 Å². The van der Waals surface area contributed by atoms with Gasteiger partial charge in [0.1, 0.15) is 0 Å². The van der Waals surface area contributed by atoms with Crippen molar-refractivity contribution in [3.63, 3.8) is 0 Å². The Labute approximate surface area is 124 Å². The summed E-state index contributed by atoms with van der Waals surface area (Å²) in [5.41, 5.74) is 2.15. The molecule has 1 aromatic carbocycles. The highest BCUT2D eigenvalue weighted by atomic mass is 35.5. The molecule has 0 aromatic heterocycles. The summed E-state index contributed by atoms with van der Waals surface area (Å²) in [6.07, 6.45) is 2.78. The van der Waals surface area contributed by atoms with Crippen LogP contribution in [0.1, 0.15) is 18.4 Å². The second-order valence-electron chi connectivity index (χ2n) is 5.00.